The van der Waals surface area contributed by atoms with Gasteiger partial charge in [-0.3, -0.25) is 5.41 Å². The average Bonchev–Trinajstić information content (AvgIpc) is 2.73. The summed E-state index contributed by atoms with van der Waals surface area (Å²) >= 11 is 0. The lowest BCUT2D eigenvalue weighted by Gasteiger charge is -2.38. The summed E-state index contributed by atoms with van der Waals surface area (Å²) in [5.74, 6) is 2.74. The van der Waals surface area contributed by atoms with Crippen LogP contribution in [-0.4, -0.2) is 24.5 Å². The number of hydrogen-bond donors (Lipinski definition) is 4. The highest BCUT2D eigenvalue weighted by Crippen LogP contribution is 2.53. The van der Waals surface area contributed by atoms with Crippen molar-refractivity contribution < 1.29 is 9.84 Å². The van der Waals surface area contributed by atoms with Gasteiger partial charge in [-0.1, -0.05) is 32.0 Å². The maximum atomic E-state index is 10.4. The number of nitrogens with one attached hydrogen (secondary N) is 2. The van der Waals surface area contributed by atoms with Gasteiger partial charge in [0.15, 0.2) is 11.5 Å². The van der Waals surface area contributed by atoms with Crippen molar-refractivity contribution in [3.63, 3.8) is 0 Å². The second-order valence-corrected chi connectivity index (χ2v) is 7.35. The molecule has 1 unspecified atom stereocenters. The zero-order valence-electron chi connectivity index (χ0n) is 16.8. The monoisotopic (exact) mass is 381 g/mol. The first-order chi connectivity index (χ1) is 13.7. The maximum Gasteiger partial charge on any atom is 0.172 e. The molecule has 0 bridgehead atoms. The van der Waals surface area contributed by atoms with Crippen molar-refractivity contribution in [2.45, 2.75) is 45.4 Å². The van der Waals surface area contributed by atoms with E-state index < -0.39 is 0 Å². The summed E-state index contributed by atoms with van der Waals surface area (Å²) in [5, 5.41) is 19.7. The second-order valence-electron chi connectivity index (χ2n) is 7.35. The fraction of sp³-hybridized carbons (Fsp3) is 0.435. The van der Waals surface area contributed by atoms with E-state index in [-0.39, 0.29) is 5.75 Å². The number of hydrogen-bond acceptors (Lipinski definition) is 4. The predicted molar refractivity (Wildman–Crippen MR) is 114 cm³/mol. The van der Waals surface area contributed by atoms with E-state index in [9.17, 15) is 5.11 Å². The molecule has 0 radical (unpaired) electrons. The van der Waals surface area contributed by atoms with Crippen molar-refractivity contribution in [1.82, 2.24) is 5.32 Å². The third-order valence-corrected chi connectivity index (χ3v) is 5.89. The van der Waals surface area contributed by atoms with Gasteiger partial charge in [0, 0.05) is 17.0 Å². The van der Waals surface area contributed by atoms with Gasteiger partial charge in [-0.25, -0.2) is 0 Å². The largest absolute Gasteiger partial charge is 0.504 e. The summed E-state index contributed by atoms with van der Waals surface area (Å²) in [6.07, 6.45) is 5.14. The van der Waals surface area contributed by atoms with Gasteiger partial charge in [0.1, 0.15) is 5.75 Å². The minimum Gasteiger partial charge on any atom is -0.504 e. The minimum atomic E-state index is 0.250. The molecule has 0 aliphatic carbocycles. The molecule has 2 heterocycles. The molecule has 150 valence electrons. The van der Waals surface area contributed by atoms with Crippen LogP contribution in [0.2, 0.25) is 0 Å². The van der Waals surface area contributed by atoms with Crippen LogP contribution in [0.4, 0.5) is 0 Å². The van der Waals surface area contributed by atoms with E-state index in [2.05, 4.69) is 43.1 Å². The quantitative estimate of drug-likeness (QED) is 0.471. The summed E-state index contributed by atoms with van der Waals surface area (Å²) in [5.41, 5.74) is 9.78. The van der Waals surface area contributed by atoms with E-state index in [1.807, 2.05) is 6.07 Å². The normalized spacial score (nSPS) is 18.1. The molecule has 5 heteroatoms. The highest BCUT2D eigenvalue weighted by molar-refractivity contribution is 5.61. The van der Waals surface area contributed by atoms with Crippen molar-refractivity contribution >= 4 is 6.34 Å². The standard InChI is InChI=1S/C22H27NO2.CH4N2/c1-3-14-8-9-19-21(16(14)4-2)20(15-10-12-23-13-11-15)17-6-5-7-18(24)22(17)25-19;2-1-3/h5-9,15,20,23-24H,3-4,10-13H2,1-2H3;1H,(H3,2,3). The highest BCUT2D eigenvalue weighted by Gasteiger charge is 2.37. The minimum absolute atomic E-state index is 0.250. The SMILES string of the molecule is CCc1ccc2c(c1CC)C(C1CCNCC1)c1cccc(O)c1O2.N=CN. The van der Waals surface area contributed by atoms with Gasteiger partial charge in [-0.2, -0.15) is 0 Å². The Labute approximate surface area is 167 Å². The summed E-state index contributed by atoms with van der Waals surface area (Å²) in [7, 11) is 0. The lowest BCUT2D eigenvalue weighted by atomic mass is 9.72. The molecule has 1 fully saturated rings. The van der Waals surface area contributed by atoms with E-state index in [1.54, 1.807) is 6.07 Å². The molecule has 5 nitrogen and oxygen atoms in total. The fourth-order valence-corrected chi connectivity index (χ4v) is 4.70. The highest BCUT2D eigenvalue weighted by atomic mass is 16.5. The number of phenols is 1. The Kier molecular flexibility index (Phi) is 6.57. The molecule has 0 spiro atoms. The van der Waals surface area contributed by atoms with E-state index >= 15 is 0 Å². The number of rotatable bonds is 3. The summed E-state index contributed by atoms with van der Waals surface area (Å²) in [4.78, 5) is 0. The number of ether oxygens (including phenoxy) is 1. The first-order valence-electron chi connectivity index (χ1n) is 10.2. The molecule has 1 atom stereocenters. The van der Waals surface area contributed by atoms with Gasteiger partial charge < -0.3 is 20.9 Å². The van der Waals surface area contributed by atoms with Gasteiger partial charge in [0.2, 0.25) is 0 Å². The van der Waals surface area contributed by atoms with Crippen molar-refractivity contribution in [1.29, 1.82) is 5.41 Å². The van der Waals surface area contributed by atoms with Crippen molar-refractivity contribution in [2.24, 2.45) is 11.7 Å². The number of phenolic OH excluding ortho intramolecular Hbond substituents is 1. The Hall–Kier alpha value is -2.53. The number of piperidine rings is 1. The Bertz CT molecular complexity index is 829. The molecule has 0 amide bonds. The average molecular weight is 382 g/mol. The first kappa shape index (κ1) is 20.2. The van der Waals surface area contributed by atoms with Crippen LogP contribution in [-0.2, 0) is 12.8 Å². The third-order valence-electron chi connectivity index (χ3n) is 5.89. The topological polar surface area (TPSA) is 91.4 Å². The zero-order valence-corrected chi connectivity index (χ0v) is 16.8. The third kappa shape index (κ3) is 3.72. The summed E-state index contributed by atoms with van der Waals surface area (Å²) < 4.78 is 6.21. The molecule has 0 saturated carbocycles. The van der Waals surface area contributed by atoms with Crippen LogP contribution in [0.3, 0.4) is 0 Å². The number of benzene rings is 2. The molecule has 28 heavy (non-hydrogen) atoms. The maximum absolute atomic E-state index is 10.4. The second kappa shape index (κ2) is 9.11. The van der Waals surface area contributed by atoms with E-state index in [0.717, 1.165) is 43.6 Å². The van der Waals surface area contributed by atoms with Crippen LogP contribution in [0.1, 0.15) is 54.9 Å². The molecule has 2 aliphatic heterocycles. The van der Waals surface area contributed by atoms with Crippen LogP contribution in [0, 0.1) is 11.3 Å². The van der Waals surface area contributed by atoms with E-state index in [1.165, 1.54) is 29.5 Å². The molecular weight excluding hydrogens is 350 g/mol. The number of nitrogens with two attached hydrogens (primary N) is 1. The summed E-state index contributed by atoms with van der Waals surface area (Å²) in [6.45, 7) is 6.61. The molecule has 4 rings (SSSR count). The predicted octanol–water partition coefficient (Wildman–Crippen LogP) is 4.31. The van der Waals surface area contributed by atoms with Gasteiger partial charge in [-0.15, -0.1) is 0 Å². The Morgan fingerprint density at radius 2 is 1.89 bits per heavy atom. The molecule has 0 aromatic heterocycles. The van der Waals surface area contributed by atoms with Gasteiger partial charge in [0.25, 0.3) is 0 Å². The molecule has 1 saturated heterocycles. The number of aryl methyl sites for hydroxylation is 1. The van der Waals surface area contributed by atoms with Gasteiger partial charge >= 0.3 is 0 Å². The van der Waals surface area contributed by atoms with Crippen LogP contribution in [0.5, 0.6) is 17.2 Å². The smallest absolute Gasteiger partial charge is 0.172 e. The Morgan fingerprint density at radius 1 is 1.18 bits per heavy atom. The Morgan fingerprint density at radius 3 is 2.54 bits per heavy atom. The lowest BCUT2D eigenvalue weighted by molar-refractivity contribution is 0.314. The first-order valence-corrected chi connectivity index (χ1v) is 10.2. The van der Waals surface area contributed by atoms with Crippen molar-refractivity contribution in [2.75, 3.05) is 13.1 Å². The van der Waals surface area contributed by atoms with Crippen molar-refractivity contribution in [3.8, 4) is 17.2 Å². The molecule has 5 N–H and O–H groups in total. The van der Waals surface area contributed by atoms with Crippen LogP contribution < -0.4 is 15.8 Å². The van der Waals surface area contributed by atoms with Gasteiger partial charge in [0.05, 0.1) is 6.34 Å². The van der Waals surface area contributed by atoms with Gasteiger partial charge in [-0.05, 0) is 68.0 Å². The van der Waals surface area contributed by atoms with Crippen LogP contribution >= 0.6 is 0 Å². The van der Waals surface area contributed by atoms with E-state index in [0.29, 0.717) is 17.6 Å². The molecular formula is C23H31N3O2. The fourth-order valence-electron chi connectivity index (χ4n) is 4.70. The van der Waals surface area contributed by atoms with Crippen LogP contribution in [0.25, 0.3) is 0 Å². The summed E-state index contributed by atoms with van der Waals surface area (Å²) in [6, 6.07) is 10.1. The van der Waals surface area contributed by atoms with Crippen molar-refractivity contribution in [3.05, 3.63) is 52.6 Å². The van der Waals surface area contributed by atoms with Crippen LogP contribution in [0.15, 0.2) is 30.3 Å². The number of para-hydroxylation sites is 1. The lowest BCUT2D eigenvalue weighted by Crippen LogP contribution is -2.32. The molecule has 2 aromatic rings. The molecule has 2 aromatic carbocycles. The molecule has 2 aliphatic rings. The zero-order chi connectivity index (χ0) is 20.1. The number of aromatic hydroxyl groups is 1. The van der Waals surface area contributed by atoms with E-state index in [4.69, 9.17) is 10.1 Å². The number of fused-ring (bicyclic) bond motifs is 2. The Balaban J connectivity index is 0.000000706.